The van der Waals surface area contributed by atoms with Gasteiger partial charge in [-0.25, -0.2) is 0 Å². The van der Waals surface area contributed by atoms with E-state index in [2.05, 4.69) is 19.2 Å². The van der Waals surface area contributed by atoms with Crippen molar-refractivity contribution >= 4 is 0 Å². The van der Waals surface area contributed by atoms with Gasteiger partial charge in [0.05, 0.1) is 6.61 Å². The van der Waals surface area contributed by atoms with Crippen LogP contribution < -0.4 is 5.32 Å². The first-order valence-corrected chi connectivity index (χ1v) is 4.58. The Balaban J connectivity index is 3.34. The predicted octanol–water partition coefficient (Wildman–Crippen LogP) is 1.39. The number of hydrogen-bond acceptors (Lipinski definition) is 2. The average molecular weight is 159 g/mol. The minimum Gasteiger partial charge on any atom is -0.395 e. The van der Waals surface area contributed by atoms with Crippen LogP contribution in [-0.2, 0) is 0 Å². The Kier molecular flexibility index (Phi) is 6.57. The van der Waals surface area contributed by atoms with Crippen LogP contribution in [0.1, 0.15) is 33.6 Å². The highest BCUT2D eigenvalue weighted by Gasteiger charge is 2.04. The van der Waals surface area contributed by atoms with Crippen LogP contribution in [0.5, 0.6) is 0 Å². The second-order valence-electron chi connectivity index (χ2n) is 3.17. The third-order valence-corrected chi connectivity index (χ3v) is 2.18. The van der Waals surface area contributed by atoms with Crippen LogP contribution in [0.4, 0.5) is 0 Å². The molecule has 0 radical (unpaired) electrons. The predicted molar refractivity (Wildman–Crippen MR) is 48.6 cm³/mol. The quantitative estimate of drug-likeness (QED) is 0.614. The maximum Gasteiger partial charge on any atom is 0.0581 e. The average Bonchev–Trinajstić information content (AvgIpc) is 2.06. The summed E-state index contributed by atoms with van der Waals surface area (Å²) < 4.78 is 0. The van der Waals surface area contributed by atoms with Crippen LogP contribution in [0.3, 0.4) is 0 Å². The molecule has 0 aromatic heterocycles. The lowest BCUT2D eigenvalue weighted by Crippen LogP contribution is -2.33. The second kappa shape index (κ2) is 6.62. The highest BCUT2D eigenvalue weighted by atomic mass is 16.3. The van der Waals surface area contributed by atoms with Crippen LogP contribution in [0.25, 0.3) is 0 Å². The van der Waals surface area contributed by atoms with Gasteiger partial charge in [0.1, 0.15) is 0 Å². The lowest BCUT2D eigenvalue weighted by Gasteiger charge is -2.16. The summed E-state index contributed by atoms with van der Waals surface area (Å²) in [6.07, 6.45) is 2.45. The van der Waals surface area contributed by atoms with Crippen molar-refractivity contribution in [1.82, 2.24) is 5.32 Å². The molecule has 0 rings (SSSR count). The van der Waals surface area contributed by atoms with Gasteiger partial charge in [-0.05, 0) is 19.4 Å². The zero-order valence-electron chi connectivity index (χ0n) is 7.93. The molecule has 0 spiro atoms. The molecule has 0 fully saturated rings. The Bertz CT molecular complexity index is 81.6. The van der Waals surface area contributed by atoms with Gasteiger partial charge in [-0.3, -0.25) is 0 Å². The molecule has 68 valence electrons. The van der Waals surface area contributed by atoms with E-state index in [1.165, 1.54) is 12.8 Å². The SMILES string of the molecule is CCC(CC)CN[C@H](C)CO. The number of nitrogens with one attached hydrogen (secondary N) is 1. The highest BCUT2D eigenvalue weighted by molar-refractivity contribution is 4.63. The summed E-state index contributed by atoms with van der Waals surface area (Å²) >= 11 is 0. The Morgan fingerprint density at radius 2 is 1.82 bits per heavy atom. The Morgan fingerprint density at radius 3 is 2.18 bits per heavy atom. The highest BCUT2D eigenvalue weighted by Crippen LogP contribution is 2.05. The molecule has 0 aliphatic rings. The van der Waals surface area contributed by atoms with Gasteiger partial charge in [0.25, 0.3) is 0 Å². The minimum atomic E-state index is 0.236. The molecule has 0 amide bonds. The van der Waals surface area contributed by atoms with Gasteiger partial charge in [-0.1, -0.05) is 26.7 Å². The first-order valence-electron chi connectivity index (χ1n) is 4.58. The van der Waals surface area contributed by atoms with Gasteiger partial charge < -0.3 is 10.4 Å². The van der Waals surface area contributed by atoms with Gasteiger partial charge >= 0.3 is 0 Å². The molecule has 1 atom stereocenters. The topological polar surface area (TPSA) is 32.3 Å². The van der Waals surface area contributed by atoms with Crippen molar-refractivity contribution in [3.8, 4) is 0 Å². The Hall–Kier alpha value is -0.0800. The van der Waals surface area contributed by atoms with Crippen LogP contribution in [-0.4, -0.2) is 24.3 Å². The summed E-state index contributed by atoms with van der Waals surface area (Å²) in [5.41, 5.74) is 0. The molecule has 11 heavy (non-hydrogen) atoms. The van der Waals surface area contributed by atoms with E-state index in [1.54, 1.807) is 0 Å². The van der Waals surface area contributed by atoms with E-state index in [4.69, 9.17) is 5.11 Å². The first-order chi connectivity index (χ1) is 5.24. The molecule has 0 heterocycles. The van der Waals surface area contributed by atoms with Crippen molar-refractivity contribution in [2.24, 2.45) is 5.92 Å². The molecule has 0 saturated carbocycles. The number of rotatable bonds is 6. The van der Waals surface area contributed by atoms with Gasteiger partial charge in [0, 0.05) is 6.04 Å². The molecule has 2 nitrogen and oxygen atoms in total. The molecule has 0 aliphatic carbocycles. The second-order valence-corrected chi connectivity index (χ2v) is 3.17. The largest absolute Gasteiger partial charge is 0.395 e. The molecule has 2 heteroatoms. The third kappa shape index (κ3) is 5.22. The van der Waals surface area contributed by atoms with E-state index in [0.29, 0.717) is 0 Å². The summed E-state index contributed by atoms with van der Waals surface area (Å²) in [6, 6.07) is 0.246. The Morgan fingerprint density at radius 1 is 1.27 bits per heavy atom. The van der Waals surface area contributed by atoms with Gasteiger partial charge in [0.15, 0.2) is 0 Å². The molecular formula is C9H21NO. The fraction of sp³-hybridized carbons (Fsp3) is 1.00. The molecule has 0 unspecified atom stereocenters. The maximum absolute atomic E-state index is 8.73. The molecule has 0 aliphatic heterocycles. The van der Waals surface area contributed by atoms with E-state index >= 15 is 0 Å². The van der Waals surface area contributed by atoms with Crippen LogP contribution in [0, 0.1) is 5.92 Å². The number of aliphatic hydroxyl groups excluding tert-OH is 1. The lowest BCUT2D eigenvalue weighted by atomic mass is 10.0. The Labute approximate surface area is 70.0 Å². The molecule has 0 saturated heterocycles. The number of aliphatic hydroxyl groups is 1. The maximum atomic E-state index is 8.73. The summed E-state index contributed by atoms with van der Waals surface area (Å²) in [5.74, 6) is 0.768. The van der Waals surface area contributed by atoms with Crippen molar-refractivity contribution in [2.75, 3.05) is 13.2 Å². The van der Waals surface area contributed by atoms with Gasteiger partial charge in [0.2, 0.25) is 0 Å². The summed E-state index contributed by atoms with van der Waals surface area (Å²) in [5, 5.41) is 12.0. The molecule has 0 aromatic carbocycles. The van der Waals surface area contributed by atoms with E-state index in [0.717, 1.165) is 12.5 Å². The molecule has 0 bridgehead atoms. The first kappa shape index (κ1) is 10.9. The summed E-state index contributed by atoms with van der Waals surface area (Å²) in [4.78, 5) is 0. The lowest BCUT2D eigenvalue weighted by molar-refractivity contribution is 0.245. The van der Waals surface area contributed by atoms with Crippen molar-refractivity contribution in [2.45, 2.75) is 39.7 Å². The number of hydrogen-bond donors (Lipinski definition) is 2. The fourth-order valence-electron chi connectivity index (χ4n) is 1.01. The molecule has 0 aromatic rings. The minimum absolute atomic E-state index is 0.236. The summed E-state index contributed by atoms with van der Waals surface area (Å²) in [6.45, 7) is 7.69. The van der Waals surface area contributed by atoms with Crippen molar-refractivity contribution in [1.29, 1.82) is 0 Å². The normalized spacial score (nSPS) is 13.9. The van der Waals surface area contributed by atoms with Crippen LogP contribution in [0.15, 0.2) is 0 Å². The standard InChI is InChI=1S/C9H21NO/c1-4-9(5-2)6-10-8(3)7-11/h8-11H,4-7H2,1-3H3/t8-/m1/s1. The van der Waals surface area contributed by atoms with Crippen LogP contribution >= 0.6 is 0 Å². The van der Waals surface area contributed by atoms with E-state index in [1.807, 2.05) is 6.92 Å². The van der Waals surface area contributed by atoms with Crippen molar-refractivity contribution < 1.29 is 5.11 Å². The summed E-state index contributed by atoms with van der Waals surface area (Å²) in [7, 11) is 0. The molecular weight excluding hydrogens is 138 g/mol. The zero-order valence-corrected chi connectivity index (χ0v) is 7.93. The van der Waals surface area contributed by atoms with E-state index < -0.39 is 0 Å². The van der Waals surface area contributed by atoms with Crippen molar-refractivity contribution in [3.63, 3.8) is 0 Å². The van der Waals surface area contributed by atoms with E-state index in [-0.39, 0.29) is 12.6 Å². The monoisotopic (exact) mass is 159 g/mol. The fourth-order valence-corrected chi connectivity index (χ4v) is 1.01. The zero-order chi connectivity index (χ0) is 8.69. The van der Waals surface area contributed by atoms with E-state index in [9.17, 15) is 0 Å². The van der Waals surface area contributed by atoms with Crippen molar-refractivity contribution in [3.05, 3.63) is 0 Å². The van der Waals surface area contributed by atoms with Gasteiger partial charge in [-0.2, -0.15) is 0 Å². The smallest absolute Gasteiger partial charge is 0.0581 e. The van der Waals surface area contributed by atoms with Gasteiger partial charge in [-0.15, -0.1) is 0 Å². The third-order valence-electron chi connectivity index (χ3n) is 2.18. The van der Waals surface area contributed by atoms with Crippen LogP contribution in [0.2, 0.25) is 0 Å². The molecule has 2 N–H and O–H groups in total.